The van der Waals surface area contributed by atoms with Crippen molar-refractivity contribution in [2.24, 2.45) is 0 Å². The quantitative estimate of drug-likeness (QED) is 0.706. The Bertz CT molecular complexity index is 482. The van der Waals surface area contributed by atoms with E-state index < -0.39 is 0 Å². The molecule has 0 bridgehead atoms. The van der Waals surface area contributed by atoms with Crippen LogP contribution in [0.5, 0.6) is 0 Å². The average molecular weight is 352 g/mol. The van der Waals surface area contributed by atoms with Crippen LogP contribution >= 0.6 is 12.4 Å². The Kier molecular flexibility index (Phi) is 8.07. The highest BCUT2D eigenvalue weighted by atomic mass is 35.5. The van der Waals surface area contributed by atoms with E-state index in [-0.39, 0.29) is 30.5 Å². The molecule has 1 aromatic rings. The van der Waals surface area contributed by atoms with E-state index in [1.54, 1.807) is 0 Å². The lowest BCUT2D eigenvalue weighted by molar-refractivity contribution is -0.152. The molecular formula is C20H30ClNO2. The monoisotopic (exact) mass is 351 g/mol. The van der Waals surface area contributed by atoms with Crippen molar-refractivity contribution in [2.45, 2.75) is 69.9 Å². The minimum absolute atomic E-state index is 0. The molecule has 1 aliphatic heterocycles. The van der Waals surface area contributed by atoms with Crippen LogP contribution in [0, 0.1) is 0 Å². The molecule has 4 heteroatoms. The molecule has 1 atom stereocenters. The summed E-state index contributed by atoms with van der Waals surface area (Å²) in [6.07, 6.45) is 10.2. The van der Waals surface area contributed by atoms with Gasteiger partial charge in [0.25, 0.3) is 0 Å². The fourth-order valence-electron chi connectivity index (χ4n) is 3.94. The number of carbonyl (C=O) groups is 1. The van der Waals surface area contributed by atoms with Crippen LogP contribution in [-0.2, 0) is 9.53 Å². The molecule has 134 valence electrons. The van der Waals surface area contributed by atoms with Crippen molar-refractivity contribution < 1.29 is 9.53 Å². The molecule has 1 aliphatic carbocycles. The van der Waals surface area contributed by atoms with Crippen molar-refractivity contribution in [3.63, 3.8) is 0 Å². The van der Waals surface area contributed by atoms with Gasteiger partial charge in [0.05, 0.1) is 6.42 Å². The van der Waals surface area contributed by atoms with Gasteiger partial charge in [-0.1, -0.05) is 43.2 Å². The Morgan fingerprint density at radius 1 is 1.00 bits per heavy atom. The number of halogens is 1. The van der Waals surface area contributed by atoms with E-state index in [9.17, 15) is 4.79 Å². The van der Waals surface area contributed by atoms with Crippen LogP contribution in [-0.4, -0.2) is 30.1 Å². The van der Waals surface area contributed by atoms with Crippen LogP contribution in [0.1, 0.15) is 69.4 Å². The Labute approximate surface area is 152 Å². The summed E-state index contributed by atoms with van der Waals surface area (Å²) in [4.78, 5) is 15.0. The van der Waals surface area contributed by atoms with Gasteiger partial charge in [-0.2, -0.15) is 0 Å². The second kappa shape index (κ2) is 10.0. The number of hydrogen-bond acceptors (Lipinski definition) is 3. The lowest BCUT2D eigenvalue weighted by Crippen LogP contribution is -2.35. The molecule has 0 amide bonds. The van der Waals surface area contributed by atoms with Crippen molar-refractivity contribution in [1.82, 2.24) is 4.90 Å². The van der Waals surface area contributed by atoms with Gasteiger partial charge in [0.1, 0.15) is 6.10 Å². The third-order valence-electron chi connectivity index (χ3n) is 5.23. The molecule has 1 saturated carbocycles. The second-order valence-corrected chi connectivity index (χ2v) is 6.98. The van der Waals surface area contributed by atoms with E-state index in [0.29, 0.717) is 6.42 Å². The first-order valence-electron chi connectivity index (χ1n) is 9.31. The fourth-order valence-corrected chi connectivity index (χ4v) is 3.94. The smallest absolute Gasteiger partial charge is 0.308 e. The van der Waals surface area contributed by atoms with Crippen molar-refractivity contribution in [3.05, 3.63) is 35.9 Å². The van der Waals surface area contributed by atoms with E-state index >= 15 is 0 Å². The third-order valence-corrected chi connectivity index (χ3v) is 5.23. The average Bonchev–Trinajstić information content (AvgIpc) is 2.62. The van der Waals surface area contributed by atoms with Crippen LogP contribution in [0.2, 0.25) is 0 Å². The molecule has 1 heterocycles. The first-order valence-corrected chi connectivity index (χ1v) is 9.31. The van der Waals surface area contributed by atoms with E-state index in [0.717, 1.165) is 25.9 Å². The van der Waals surface area contributed by atoms with Crippen LogP contribution in [0.3, 0.4) is 0 Å². The minimum Gasteiger partial charge on any atom is -0.462 e. The maximum atomic E-state index is 12.5. The minimum atomic E-state index is -0.0173. The molecule has 3 rings (SSSR count). The molecule has 0 radical (unpaired) electrons. The second-order valence-electron chi connectivity index (χ2n) is 6.98. The summed E-state index contributed by atoms with van der Waals surface area (Å²) in [6, 6.07) is 10.6. The molecule has 1 unspecified atom stereocenters. The van der Waals surface area contributed by atoms with E-state index in [1.807, 2.05) is 6.07 Å². The first-order chi connectivity index (χ1) is 11.3. The number of benzene rings is 1. The SMILES string of the molecule is Cl.O=C(CC(c1ccccc1)N1CCCCC1)OC1CCCCC1. The summed E-state index contributed by atoms with van der Waals surface area (Å²) in [6.45, 7) is 2.19. The third kappa shape index (κ3) is 5.49. The summed E-state index contributed by atoms with van der Waals surface area (Å²) in [5, 5.41) is 0. The van der Waals surface area contributed by atoms with Gasteiger partial charge in [-0.25, -0.2) is 0 Å². The Hall–Kier alpha value is -1.06. The van der Waals surface area contributed by atoms with E-state index in [4.69, 9.17) is 4.74 Å². The number of piperidine rings is 1. The Morgan fingerprint density at radius 2 is 1.62 bits per heavy atom. The molecule has 0 aromatic heterocycles. The predicted molar refractivity (Wildman–Crippen MR) is 99.4 cm³/mol. The van der Waals surface area contributed by atoms with Crippen molar-refractivity contribution in [3.8, 4) is 0 Å². The number of nitrogens with zero attached hydrogens (tertiary/aromatic N) is 1. The predicted octanol–water partition coefficient (Wildman–Crippen LogP) is 4.90. The van der Waals surface area contributed by atoms with E-state index in [1.165, 1.54) is 44.1 Å². The maximum absolute atomic E-state index is 12.5. The van der Waals surface area contributed by atoms with Gasteiger partial charge in [-0.3, -0.25) is 9.69 Å². The largest absolute Gasteiger partial charge is 0.462 e. The summed E-state index contributed by atoms with van der Waals surface area (Å²) in [7, 11) is 0. The number of carbonyl (C=O) groups excluding carboxylic acids is 1. The van der Waals surface area contributed by atoms with Crippen molar-refractivity contribution in [2.75, 3.05) is 13.1 Å². The van der Waals surface area contributed by atoms with Gasteiger partial charge in [-0.15, -0.1) is 12.4 Å². The highest BCUT2D eigenvalue weighted by Gasteiger charge is 2.27. The Morgan fingerprint density at radius 3 is 2.29 bits per heavy atom. The van der Waals surface area contributed by atoms with Gasteiger partial charge >= 0.3 is 5.97 Å². The van der Waals surface area contributed by atoms with E-state index in [2.05, 4.69) is 29.2 Å². The van der Waals surface area contributed by atoms with Crippen molar-refractivity contribution in [1.29, 1.82) is 0 Å². The molecule has 0 spiro atoms. The Balaban J connectivity index is 0.00000208. The fraction of sp³-hybridized carbons (Fsp3) is 0.650. The van der Waals surface area contributed by atoms with Crippen LogP contribution < -0.4 is 0 Å². The molecule has 1 saturated heterocycles. The molecule has 0 N–H and O–H groups in total. The number of ether oxygens (including phenoxy) is 1. The highest BCUT2D eigenvalue weighted by Crippen LogP contribution is 2.29. The lowest BCUT2D eigenvalue weighted by atomic mass is 9.97. The molecule has 1 aromatic carbocycles. The molecule has 2 aliphatic rings. The van der Waals surface area contributed by atoms with Gasteiger partial charge < -0.3 is 4.74 Å². The first kappa shape index (κ1) is 19.3. The summed E-state index contributed by atoms with van der Waals surface area (Å²) >= 11 is 0. The number of likely N-dealkylation sites (tertiary alicyclic amines) is 1. The standard InChI is InChI=1S/C20H29NO2.ClH/c22-20(23-18-12-6-2-7-13-18)16-19(17-10-4-1-5-11-17)21-14-8-3-9-15-21;/h1,4-5,10-11,18-19H,2-3,6-9,12-16H2;1H. The number of esters is 1. The topological polar surface area (TPSA) is 29.5 Å². The summed E-state index contributed by atoms with van der Waals surface area (Å²) in [5.74, 6) is -0.0173. The molecule has 3 nitrogen and oxygen atoms in total. The zero-order chi connectivity index (χ0) is 15.9. The van der Waals surface area contributed by atoms with Gasteiger partial charge in [0.2, 0.25) is 0 Å². The lowest BCUT2D eigenvalue weighted by Gasteiger charge is -2.34. The number of rotatable bonds is 5. The molecule has 2 fully saturated rings. The zero-order valence-corrected chi connectivity index (χ0v) is 15.3. The zero-order valence-electron chi connectivity index (χ0n) is 14.5. The van der Waals surface area contributed by atoms with Gasteiger partial charge in [-0.05, 0) is 57.2 Å². The molecule has 24 heavy (non-hydrogen) atoms. The van der Waals surface area contributed by atoms with Gasteiger partial charge in [0.15, 0.2) is 0 Å². The normalized spacial score (nSPS) is 20.8. The van der Waals surface area contributed by atoms with Crippen LogP contribution in [0.4, 0.5) is 0 Å². The number of hydrogen-bond donors (Lipinski definition) is 0. The maximum Gasteiger partial charge on any atom is 0.308 e. The highest BCUT2D eigenvalue weighted by molar-refractivity contribution is 5.85. The van der Waals surface area contributed by atoms with Crippen LogP contribution in [0.15, 0.2) is 30.3 Å². The van der Waals surface area contributed by atoms with Crippen LogP contribution in [0.25, 0.3) is 0 Å². The van der Waals surface area contributed by atoms with Crippen molar-refractivity contribution >= 4 is 18.4 Å². The van der Waals surface area contributed by atoms with Gasteiger partial charge in [0, 0.05) is 6.04 Å². The summed E-state index contributed by atoms with van der Waals surface area (Å²) < 4.78 is 5.77. The molecular weight excluding hydrogens is 322 g/mol. The summed E-state index contributed by atoms with van der Waals surface area (Å²) in [5.41, 5.74) is 1.25.